The van der Waals surface area contributed by atoms with Crippen molar-refractivity contribution in [3.8, 4) is 5.75 Å². The molecule has 0 saturated heterocycles. The Morgan fingerprint density at radius 1 is 1.57 bits per heavy atom. The number of nitrogens with one attached hydrogen (secondary N) is 1. The van der Waals surface area contributed by atoms with Gasteiger partial charge in [0.05, 0.1) is 29.8 Å². The van der Waals surface area contributed by atoms with Gasteiger partial charge in [-0.25, -0.2) is 5.01 Å². The summed E-state index contributed by atoms with van der Waals surface area (Å²) in [6, 6.07) is 4.17. The highest BCUT2D eigenvalue weighted by atomic mass is 35.5. The molecule has 0 spiro atoms. The first-order chi connectivity index (χ1) is 10.9. The second-order valence-electron chi connectivity index (χ2n) is 4.68. The Kier molecular flexibility index (Phi) is 5.27. The molecule has 0 aromatic heterocycles. The fraction of sp³-hybridized carbons (Fsp3) is 0.286. The van der Waals surface area contributed by atoms with E-state index in [2.05, 4.69) is 21.4 Å². The number of hydrogen-bond donors (Lipinski definition) is 1. The zero-order valence-corrected chi connectivity index (χ0v) is 14.4. The van der Waals surface area contributed by atoms with Crippen LogP contribution in [-0.2, 0) is 10.0 Å². The highest BCUT2D eigenvalue weighted by molar-refractivity contribution is 7.90. The molecule has 2 rings (SSSR count). The second kappa shape index (κ2) is 7.01. The predicted molar refractivity (Wildman–Crippen MR) is 90.6 cm³/mol. The summed E-state index contributed by atoms with van der Waals surface area (Å²) >= 11 is 5.98. The molecular formula is C14H17ClN4O3S. The van der Waals surface area contributed by atoms with Crippen LogP contribution >= 0.6 is 11.6 Å². The molecule has 0 amide bonds. The van der Waals surface area contributed by atoms with Gasteiger partial charge in [0.1, 0.15) is 5.75 Å². The van der Waals surface area contributed by atoms with Crippen molar-refractivity contribution in [1.29, 1.82) is 0 Å². The van der Waals surface area contributed by atoms with Crippen molar-refractivity contribution in [1.82, 2.24) is 10.3 Å². The van der Waals surface area contributed by atoms with Gasteiger partial charge in [0, 0.05) is 6.54 Å². The summed E-state index contributed by atoms with van der Waals surface area (Å²) in [6.45, 7) is 6.49. The molecule has 124 valence electrons. The van der Waals surface area contributed by atoms with Crippen molar-refractivity contribution in [3.63, 3.8) is 0 Å². The van der Waals surface area contributed by atoms with Gasteiger partial charge in [-0.15, -0.1) is 4.40 Å². The number of nitrogens with zero attached hydrogens (tertiary/aromatic N) is 3. The maximum absolute atomic E-state index is 12.5. The summed E-state index contributed by atoms with van der Waals surface area (Å²) in [5, 5.41) is 8.59. The number of rotatable bonds is 4. The molecule has 9 heteroatoms. The van der Waals surface area contributed by atoms with Crippen LogP contribution in [0.1, 0.15) is 6.92 Å². The lowest BCUT2D eigenvalue weighted by atomic mass is 10.3. The van der Waals surface area contributed by atoms with Gasteiger partial charge in [-0.05, 0) is 30.7 Å². The van der Waals surface area contributed by atoms with Crippen LogP contribution in [-0.4, -0.2) is 45.8 Å². The number of hydrazone groups is 1. The molecule has 0 bridgehead atoms. The summed E-state index contributed by atoms with van der Waals surface area (Å²) < 4.78 is 33.8. The molecule has 0 unspecified atom stereocenters. The highest BCUT2D eigenvalue weighted by Gasteiger charge is 2.21. The van der Waals surface area contributed by atoms with Gasteiger partial charge >= 0.3 is 0 Å². The van der Waals surface area contributed by atoms with Gasteiger partial charge in [-0.2, -0.15) is 13.5 Å². The van der Waals surface area contributed by atoms with E-state index in [9.17, 15) is 8.42 Å². The summed E-state index contributed by atoms with van der Waals surface area (Å²) in [6.07, 6.45) is 1.56. The van der Waals surface area contributed by atoms with Crippen molar-refractivity contribution >= 4 is 33.8 Å². The monoisotopic (exact) mass is 356 g/mol. The molecule has 7 nitrogen and oxygen atoms in total. The molecule has 1 heterocycles. The summed E-state index contributed by atoms with van der Waals surface area (Å²) in [4.78, 5) is -0.0271. The SMILES string of the molecule is C=C1C=NN(/C(=N/S(=O)(=O)c2ccc(OC)c(Cl)c2)NCC)C1. The minimum absolute atomic E-state index is 0.0271. The van der Waals surface area contributed by atoms with Gasteiger partial charge in [0.2, 0.25) is 5.96 Å². The lowest BCUT2D eigenvalue weighted by Gasteiger charge is -2.17. The maximum atomic E-state index is 12.5. The molecule has 0 aliphatic carbocycles. The molecule has 0 saturated carbocycles. The van der Waals surface area contributed by atoms with Gasteiger partial charge in [0.15, 0.2) is 0 Å². The second-order valence-corrected chi connectivity index (χ2v) is 6.69. The normalized spacial score (nSPS) is 15.2. The Morgan fingerprint density at radius 3 is 2.83 bits per heavy atom. The third-order valence-electron chi connectivity index (χ3n) is 2.94. The fourth-order valence-electron chi connectivity index (χ4n) is 1.86. The van der Waals surface area contributed by atoms with Crippen molar-refractivity contribution < 1.29 is 13.2 Å². The van der Waals surface area contributed by atoms with E-state index in [1.807, 2.05) is 6.92 Å². The average Bonchev–Trinajstić information content (AvgIpc) is 2.93. The molecular weight excluding hydrogens is 340 g/mol. The lowest BCUT2D eigenvalue weighted by molar-refractivity contribution is 0.414. The minimum Gasteiger partial charge on any atom is -0.495 e. The van der Waals surface area contributed by atoms with Crippen LogP contribution in [0, 0.1) is 0 Å². The van der Waals surface area contributed by atoms with Crippen molar-refractivity contribution in [2.45, 2.75) is 11.8 Å². The van der Waals surface area contributed by atoms with Crippen LogP contribution in [0.2, 0.25) is 5.02 Å². The number of halogens is 1. The van der Waals surface area contributed by atoms with Crippen LogP contribution in [0.5, 0.6) is 5.75 Å². The molecule has 1 N–H and O–H groups in total. The minimum atomic E-state index is -3.94. The largest absolute Gasteiger partial charge is 0.495 e. The lowest BCUT2D eigenvalue weighted by Crippen LogP contribution is -2.37. The number of guanidine groups is 1. The third kappa shape index (κ3) is 4.02. The van der Waals surface area contributed by atoms with Crippen molar-refractivity contribution in [2.24, 2.45) is 9.50 Å². The zero-order chi connectivity index (χ0) is 17.0. The van der Waals surface area contributed by atoms with Crippen LogP contribution in [0.3, 0.4) is 0 Å². The Bertz CT molecular complexity index is 774. The van der Waals surface area contributed by atoms with Crippen LogP contribution < -0.4 is 10.1 Å². The van der Waals surface area contributed by atoms with E-state index in [-0.39, 0.29) is 15.9 Å². The van der Waals surface area contributed by atoms with Crippen molar-refractivity contribution in [2.75, 3.05) is 20.2 Å². The first-order valence-electron chi connectivity index (χ1n) is 6.79. The van der Waals surface area contributed by atoms with E-state index in [1.54, 1.807) is 6.21 Å². The average molecular weight is 357 g/mol. The van der Waals surface area contributed by atoms with E-state index < -0.39 is 10.0 Å². The van der Waals surface area contributed by atoms with E-state index in [0.29, 0.717) is 18.8 Å². The summed E-state index contributed by atoms with van der Waals surface area (Å²) in [5.41, 5.74) is 0.764. The van der Waals surface area contributed by atoms with Gasteiger partial charge in [-0.3, -0.25) is 0 Å². The Morgan fingerprint density at radius 2 is 2.30 bits per heavy atom. The van der Waals surface area contributed by atoms with Gasteiger partial charge in [0.25, 0.3) is 10.0 Å². The number of hydrogen-bond acceptors (Lipinski definition) is 4. The summed E-state index contributed by atoms with van der Waals surface area (Å²) in [5.74, 6) is 0.524. The van der Waals surface area contributed by atoms with E-state index in [0.717, 1.165) is 5.57 Å². The van der Waals surface area contributed by atoms with Crippen LogP contribution in [0.25, 0.3) is 0 Å². The smallest absolute Gasteiger partial charge is 0.285 e. The van der Waals surface area contributed by atoms with Crippen LogP contribution in [0.15, 0.2) is 44.7 Å². The maximum Gasteiger partial charge on any atom is 0.285 e. The Balaban J connectivity index is 2.38. The Labute approximate surface area is 140 Å². The van der Waals surface area contributed by atoms with E-state index in [4.69, 9.17) is 16.3 Å². The topological polar surface area (TPSA) is 83.4 Å². The molecule has 1 aliphatic heterocycles. The van der Waals surface area contributed by atoms with E-state index >= 15 is 0 Å². The fourth-order valence-corrected chi connectivity index (χ4v) is 3.18. The first-order valence-corrected chi connectivity index (χ1v) is 8.61. The molecule has 1 aromatic carbocycles. The standard InChI is InChI=1S/C14H17ClN4O3S/c1-4-16-14(19-9-10(2)8-17-19)18-23(20,21)11-5-6-13(22-3)12(15)7-11/h5-8H,2,4,9H2,1,3H3,(H,16,18). The van der Waals surface area contributed by atoms with Gasteiger partial charge in [-0.1, -0.05) is 18.2 Å². The van der Waals surface area contributed by atoms with E-state index in [1.165, 1.54) is 30.3 Å². The number of ether oxygens (including phenoxy) is 1. The quantitative estimate of drug-likeness (QED) is 0.657. The molecule has 23 heavy (non-hydrogen) atoms. The number of sulfonamides is 1. The van der Waals surface area contributed by atoms with Gasteiger partial charge < -0.3 is 10.1 Å². The zero-order valence-electron chi connectivity index (χ0n) is 12.8. The number of methoxy groups -OCH3 is 1. The first kappa shape index (κ1) is 17.3. The predicted octanol–water partition coefficient (Wildman–Crippen LogP) is 1.86. The molecule has 1 aliphatic rings. The molecule has 0 fully saturated rings. The van der Waals surface area contributed by atoms with Crippen LogP contribution in [0.4, 0.5) is 0 Å². The molecule has 1 aromatic rings. The third-order valence-corrected chi connectivity index (χ3v) is 4.50. The summed E-state index contributed by atoms with van der Waals surface area (Å²) in [7, 11) is -2.49. The molecule has 0 radical (unpaired) electrons. The molecule has 0 atom stereocenters. The number of benzene rings is 1. The Hall–Kier alpha value is -2.06. The van der Waals surface area contributed by atoms with Crippen molar-refractivity contribution in [3.05, 3.63) is 35.4 Å². The highest BCUT2D eigenvalue weighted by Crippen LogP contribution is 2.27.